The summed E-state index contributed by atoms with van der Waals surface area (Å²) in [5, 5.41) is 5.81. The summed E-state index contributed by atoms with van der Waals surface area (Å²) < 4.78 is 10.7. The number of hydrogen-bond acceptors (Lipinski definition) is 4. The first-order chi connectivity index (χ1) is 11.1. The minimum Gasteiger partial charge on any atom is -0.496 e. The molecule has 2 aromatic heterocycles. The van der Waals surface area contributed by atoms with Gasteiger partial charge in [-0.25, -0.2) is 0 Å². The van der Waals surface area contributed by atoms with Crippen molar-refractivity contribution in [2.45, 2.75) is 13.0 Å². The van der Waals surface area contributed by atoms with Crippen LogP contribution in [-0.4, -0.2) is 25.1 Å². The second-order valence-corrected chi connectivity index (χ2v) is 6.13. The Hall–Kier alpha value is -2.47. The van der Waals surface area contributed by atoms with Crippen LogP contribution in [0.4, 0.5) is 0 Å². The highest BCUT2D eigenvalue weighted by atomic mass is 32.1. The third-order valence-corrected chi connectivity index (χ3v) is 4.77. The van der Waals surface area contributed by atoms with Crippen LogP contribution in [0.5, 0.6) is 11.5 Å². The lowest BCUT2D eigenvalue weighted by atomic mass is 10.2. The Balaban J connectivity index is 1.92. The predicted molar refractivity (Wildman–Crippen MR) is 91.6 cm³/mol. The van der Waals surface area contributed by atoms with Crippen LogP contribution in [0.1, 0.15) is 28.3 Å². The lowest BCUT2D eigenvalue weighted by molar-refractivity contribution is 0.0936. The predicted octanol–water partition coefficient (Wildman–Crippen LogP) is 3.74. The van der Waals surface area contributed by atoms with Crippen LogP contribution in [-0.2, 0) is 0 Å². The summed E-state index contributed by atoms with van der Waals surface area (Å²) in [5.41, 5.74) is 1.23. The summed E-state index contributed by atoms with van der Waals surface area (Å²) in [7, 11) is 3.20. The lowest BCUT2D eigenvalue weighted by Gasteiger charge is -2.11. The van der Waals surface area contributed by atoms with Gasteiger partial charge >= 0.3 is 0 Å². The number of amides is 1. The molecule has 0 saturated heterocycles. The quantitative estimate of drug-likeness (QED) is 0.749. The Morgan fingerprint density at radius 3 is 2.61 bits per heavy atom. The minimum atomic E-state index is -0.161. The molecular formula is C17H18N2O3S. The Bertz CT molecular complexity index is 783. The highest BCUT2D eigenvalue weighted by Gasteiger charge is 2.17. The monoisotopic (exact) mass is 330 g/mol. The molecule has 2 heterocycles. The number of fused-ring (bicyclic) bond motifs is 1. The van der Waals surface area contributed by atoms with Gasteiger partial charge in [0, 0.05) is 10.3 Å². The van der Waals surface area contributed by atoms with Crippen molar-refractivity contribution in [2.75, 3.05) is 14.2 Å². The summed E-state index contributed by atoms with van der Waals surface area (Å²) in [5.74, 6) is 1.21. The first-order valence-electron chi connectivity index (χ1n) is 7.22. The maximum atomic E-state index is 12.5. The highest BCUT2D eigenvalue weighted by molar-refractivity contribution is 7.10. The molecule has 1 amide bonds. The van der Waals surface area contributed by atoms with Crippen LogP contribution in [0.15, 0.2) is 35.7 Å². The Labute approximate surface area is 138 Å². The maximum absolute atomic E-state index is 12.5. The van der Waals surface area contributed by atoms with Crippen molar-refractivity contribution in [2.24, 2.45) is 0 Å². The fourth-order valence-electron chi connectivity index (χ4n) is 2.52. The number of benzene rings is 1. The molecule has 0 radical (unpaired) electrons. The molecule has 0 aliphatic carbocycles. The van der Waals surface area contributed by atoms with Crippen molar-refractivity contribution in [1.29, 1.82) is 0 Å². The molecule has 1 unspecified atom stereocenters. The molecule has 0 aliphatic rings. The number of methoxy groups -OCH3 is 2. The molecule has 0 spiro atoms. The fourth-order valence-corrected chi connectivity index (χ4v) is 3.26. The van der Waals surface area contributed by atoms with Gasteiger partial charge in [-0.05, 0) is 36.6 Å². The number of carbonyl (C=O) groups excluding carboxylic acids is 1. The van der Waals surface area contributed by atoms with Crippen LogP contribution in [0.2, 0.25) is 0 Å². The van der Waals surface area contributed by atoms with E-state index in [0.29, 0.717) is 17.2 Å². The second kappa shape index (κ2) is 6.34. The standard InChI is InChI=1S/C17H18N2O3S/c1-10(15-5-4-8-23-15)18-17(20)12-9-11-13(21-2)6-7-14(22-3)16(11)19-12/h4-10,19H,1-3H3,(H,18,20). The SMILES string of the molecule is COc1ccc(OC)c2[nH]c(C(=O)NC(C)c3cccs3)cc12. The van der Waals surface area contributed by atoms with E-state index in [0.717, 1.165) is 15.8 Å². The van der Waals surface area contributed by atoms with Gasteiger partial charge in [0.05, 0.1) is 25.8 Å². The van der Waals surface area contributed by atoms with E-state index in [9.17, 15) is 4.79 Å². The van der Waals surface area contributed by atoms with Gasteiger partial charge in [-0.3, -0.25) is 4.79 Å². The third kappa shape index (κ3) is 2.90. The van der Waals surface area contributed by atoms with Crippen molar-refractivity contribution in [3.63, 3.8) is 0 Å². The number of aromatic amines is 1. The van der Waals surface area contributed by atoms with Gasteiger partial charge in [0.2, 0.25) is 0 Å². The molecule has 2 N–H and O–H groups in total. The van der Waals surface area contributed by atoms with E-state index in [1.165, 1.54) is 0 Å². The molecule has 1 aromatic carbocycles. The first kappa shape index (κ1) is 15.4. The van der Waals surface area contributed by atoms with E-state index in [4.69, 9.17) is 9.47 Å². The van der Waals surface area contributed by atoms with Crippen LogP contribution in [0.25, 0.3) is 10.9 Å². The number of carbonyl (C=O) groups is 1. The van der Waals surface area contributed by atoms with Crippen LogP contribution in [0.3, 0.4) is 0 Å². The van der Waals surface area contributed by atoms with Gasteiger partial charge in [0.1, 0.15) is 17.2 Å². The zero-order valence-electron chi connectivity index (χ0n) is 13.2. The lowest BCUT2D eigenvalue weighted by Crippen LogP contribution is -2.26. The van der Waals surface area contributed by atoms with Crippen molar-refractivity contribution in [1.82, 2.24) is 10.3 Å². The third-order valence-electron chi connectivity index (χ3n) is 3.72. The normalized spacial score (nSPS) is 12.1. The molecule has 120 valence electrons. The first-order valence-corrected chi connectivity index (χ1v) is 8.10. The average molecular weight is 330 g/mol. The Morgan fingerprint density at radius 1 is 1.22 bits per heavy atom. The number of H-pyrrole nitrogens is 1. The van der Waals surface area contributed by atoms with E-state index < -0.39 is 0 Å². The molecule has 0 aliphatic heterocycles. The molecule has 23 heavy (non-hydrogen) atoms. The van der Waals surface area contributed by atoms with Gasteiger partial charge in [-0.15, -0.1) is 11.3 Å². The van der Waals surface area contributed by atoms with E-state index in [1.54, 1.807) is 31.6 Å². The van der Waals surface area contributed by atoms with E-state index >= 15 is 0 Å². The second-order valence-electron chi connectivity index (χ2n) is 5.15. The van der Waals surface area contributed by atoms with Crippen LogP contribution >= 0.6 is 11.3 Å². The number of thiophene rings is 1. The number of ether oxygens (including phenoxy) is 2. The molecular weight excluding hydrogens is 312 g/mol. The Morgan fingerprint density at radius 2 is 1.96 bits per heavy atom. The number of rotatable bonds is 5. The summed E-state index contributed by atoms with van der Waals surface area (Å²) in [6.45, 7) is 1.97. The van der Waals surface area contributed by atoms with Gasteiger partial charge in [-0.2, -0.15) is 0 Å². The Kier molecular flexibility index (Phi) is 4.25. The zero-order chi connectivity index (χ0) is 16.4. The zero-order valence-corrected chi connectivity index (χ0v) is 14.0. The largest absolute Gasteiger partial charge is 0.496 e. The smallest absolute Gasteiger partial charge is 0.268 e. The molecule has 0 bridgehead atoms. The van der Waals surface area contributed by atoms with Gasteiger partial charge in [0.25, 0.3) is 5.91 Å². The van der Waals surface area contributed by atoms with Crippen LogP contribution < -0.4 is 14.8 Å². The topological polar surface area (TPSA) is 63.4 Å². The number of nitrogens with one attached hydrogen (secondary N) is 2. The molecule has 5 nitrogen and oxygen atoms in total. The molecule has 6 heteroatoms. The maximum Gasteiger partial charge on any atom is 0.268 e. The highest BCUT2D eigenvalue weighted by Crippen LogP contribution is 2.33. The molecule has 3 rings (SSSR count). The molecule has 0 fully saturated rings. The fraction of sp³-hybridized carbons (Fsp3) is 0.235. The molecule has 3 aromatic rings. The minimum absolute atomic E-state index is 0.0438. The summed E-state index contributed by atoms with van der Waals surface area (Å²) in [6.07, 6.45) is 0. The van der Waals surface area contributed by atoms with E-state index in [-0.39, 0.29) is 11.9 Å². The summed E-state index contributed by atoms with van der Waals surface area (Å²) >= 11 is 1.62. The van der Waals surface area contributed by atoms with Gasteiger partial charge in [0.15, 0.2) is 0 Å². The van der Waals surface area contributed by atoms with E-state index in [2.05, 4.69) is 10.3 Å². The van der Waals surface area contributed by atoms with Crippen molar-refractivity contribution in [3.05, 3.63) is 46.3 Å². The van der Waals surface area contributed by atoms with Crippen molar-refractivity contribution in [3.8, 4) is 11.5 Å². The van der Waals surface area contributed by atoms with Crippen molar-refractivity contribution < 1.29 is 14.3 Å². The number of hydrogen-bond donors (Lipinski definition) is 2. The average Bonchev–Trinajstić information content (AvgIpc) is 3.23. The number of aromatic nitrogens is 1. The van der Waals surface area contributed by atoms with E-state index in [1.807, 2.05) is 36.6 Å². The van der Waals surface area contributed by atoms with Gasteiger partial charge in [-0.1, -0.05) is 6.07 Å². The summed E-state index contributed by atoms with van der Waals surface area (Å²) in [6, 6.07) is 9.36. The van der Waals surface area contributed by atoms with Crippen LogP contribution in [0, 0.1) is 0 Å². The van der Waals surface area contributed by atoms with Crippen molar-refractivity contribution >= 4 is 28.1 Å². The van der Waals surface area contributed by atoms with Gasteiger partial charge < -0.3 is 19.8 Å². The molecule has 1 atom stereocenters. The molecule has 0 saturated carbocycles. The summed E-state index contributed by atoms with van der Waals surface area (Å²) in [4.78, 5) is 16.7.